The topological polar surface area (TPSA) is 71.0 Å². The van der Waals surface area contributed by atoms with E-state index in [0.717, 1.165) is 46.8 Å². The zero-order chi connectivity index (χ0) is 19.7. The number of aliphatic hydroxyl groups excluding tert-OH is 1. The van der Waals surface area contributed by atoms with Crippen LogP contribution in [0.5, 0.6) is 11.5 Å². The molecule has 2 aliphatic heterocycles. The average molecular weight is 382 g/mol. The highest BCUT2D eigenvalue weighted by Gasteiger charge is 2.30. The standard InChI is InChI=1S/C22H26N2O4/c1-14-4-3-5-18(15(14)2)23-22(26)12-24-9-8-17(19(25)11-24)16-6-7-20-21(10-16)28-13-27-20/h3-7,10,17,19,25H,8-9,11-13H2,1-2H3,(H,23,26)/t17-,19+/m0/s1. The maximum atomic E-state index is 12.5. The van der Waals surface area contributed by atoms with Crippen molar-refractivity contribution in [2.45, 2.75) is 32.3 Å². The van der Waals surface area contributed by atoms with Gasteiger partial charge >= 0.3 is 0 Å². The molecule has 6 heteroatoms. The summed E-state index contributed by atoms with van der Waals surface area (Å²) in [5, 5.41) is 13.7. The number of fused-ring (bicyclic) bond motifs is 1. The van der Waals surface area contributed by atoms with Gasteiger partial charge in [0.05, 0.1) is 12.6 Å². The first-order chi connectivity index (χ1) is 13.5. The van der Waals surface area contributed by atoms with E-state index in [9.17, 15) is 9.90 Å². The summed E-state index contributed by atoms with van der Waals surface area (Å²) in [6.07, 6.45) is 0.264. The number of nitrogens with zero attached hydrogens (tertiary/aromatic N) is 1. The van der Waals surface area contributed by atoms with Gasteiger partial charge in [-0.25, -0.2) is 0 Å². The van der Waals surface area contributed by atoms with Gasteiger partial charge in [0.25, 0.3) is 0 Å². The second kappa shape index (κ2) is 7.81. The number of hydrogen-bond donors (Lipinski definition) is 2. The number of benzene rings is 2. The summed E-state index contributed by atoms with van der Waals surface area (Å²) in [5.74, 6) is 1.47. The van der Waals surface area contributed by atoms with Gasteiger partial charge in [0.1, 0.15) is 0 Å². The maximum Gasteiger partial charge on any atom is 0.238 e. The number of piperidine rings is 1. The number of rotatable bonds is 4. The minimum absolute atomic E-state index is 0.0350. The van der Waals surface area contributed by atoms with Crippen molar-refractivity contribution in [2.24, 2.45) is 0 Å². The van der Waals surface area contributed by atoms with Crippen molar-refractivity contribution in [3.05, 3.63) is 53.1 Å². The van der Waals surface area contributed by atoms with Crippen LogP contribution >= 0.6 is 0 Å². The van der Waals surface area contributed by atoms with Gasteiger partial charge in [-0.15, -0.1) is 0 Å². The van der Waals surface area contributed by atoms with E-state index in [1.165, 1.54) is 0 Å². The van der Waals surface area contributed by atoms with Crippen LogP contribution in [0.3, 0.4) is 0 Å². The van der Waals surface area contributed by atoms with Crippen LogP contribution in [0.4, 0.5) is 5.69 Å². The SMILES string of the molecule is Cc1cccc(NC(=O)CN2CC[C@@H](c3ccc4c(c3)OCO4)[C@H](O)C2)c1C. The van der Waals surface area contributed by atoms with Crippen LogP contribution in [0.25, 0.3) is 0 Å². The summed E-state index contributed by atoms with van der Waals surface area (Å²) in [6.45, 7) is 5.79. The molecule has 2 aromatic rings. The van der Waals surface area contributed by atoms with Crippen LogP contribution in [-0.4, -0.2) is 48.4 Å². The summed E-state index contributed by atoms with van der Waals surface area (Å²) in [4.78, 5) is 14.5. The molecule has 148 valence electrons. The van der Waals surface area contributed by atoms with E-state index < -0.39 is 6.10 Å². The molecule has 0 radical (unpaired) electrons. The molecule has 2 atom stereocenters. The number of ether oxygens (including phenoxy) is 2. The van der Waals surface area contributed by atoms with Crippen molar-refractivity contribution in [3.63, 3.8) is 0 Å². The highest BCUT2D eigenvalue weighted by atomic mass is 16.7. The molecule has 0 unspecified atom stereocenters. The zero-order valence-corrected chi connectivity index (χ0v) is 16.3. The molecule has 0 aliphatic carbocycles. The van der Waals surface area contributed by atoms with Gasteiger partial charge in [-0.3, -0.25) is 9.69 Å². The molecule has 6 nitrogen and oxygen atoms in total. The number of nitrogens with one attached hydrogen (secondary N) is 1. The summed E-state index contributed by atoms with van der Waals surface area (Å²) < 4.78 is 10.8. The van der Waals surface area contributed by atoms with Gasteiger partial charge in [0.2, 0.25) is 12.7 Å². The molecule has 0 aromatic heterocycles. The molecule has 0 saturated carbocycles. The van der Waals surface area contributed by atoms with E-state index in [1.54, 1.807) is 0 Å². The summed E-state index contributed by atoms with van der Waals surface area (Å²) >= 11 is 0. The Bertz CT molecular complexity index is 883. The van der Waals surface area contributed by atoms with Gasteiger partial charge in [-0.1, -0.05) is 18.2 Å². The van der Waals surface area contributed by atoms with Gasteiger partial charge in [-0.2, -0.15) is 0 Å². The highest BCUT2D eigenvalue weighted by molar-refractivity contribution is 5.93. The molecule has 2 heterocycles. The molecule has 0 bridgehead atoms. The van der Waals surface area contributed by atoms with Crippen molar-refractivity contribution in [3.8, 4) is 11.5 Å². The number of amides is 1. The minimum Gasteiger partial charge on any atom is -0.454 e. The number of aryl methyl sites for hydroxylation is 1. The van der Waals surface area contributed by atoms with E-state index in [0.29, 0.717) is 6.54 Å². The van der Waals surface area contributed by atoms with Crippen molar-refractivity contribution in [2.75, 3.05) is 31.7 Å². The Kier molecular flexibility index (Phi) is 5.24. The Morgan fingerprint density at radius 3 is 2.86 bits per heavy atom. The van der Waals surface area contributed by atoms with E-state index in [4.69, 9.17) is 9.47 Å². The van der Waals surface area contributed by atoms with E-state index in [2.05, 4.69) is 5.32 Å². The van der Waals surface area contributed by atoms with Crippen LogP contribution in [0.2, 0.25) is 0 Å². The fourth-order valence-corrected chi connectivity index (χ4v) is 3.95. The first kappa shape index (κ1) is 18.8. The second-order valence-electron chi connectivity index (χ2n) is 7.61. The minimum atomic E-state index is -0.525. The van der Waals surface area contributed by atoms with Crippen molar-refractivity contribution < 1.29 is 19.4 Å². The van der Waals surface area contributed by atoms with E-state index in [1.807, 2.05) is 55.1 Å². The van der Waals surface area contributed by atoms with E-state index >= 15 is 0 Å². The zero-order valence-electron chi connectivity index (χ0n) is 16.3. The lowest BCUT2D eigenvalue weighted by atomic mass is 9.87. The largest absolute Gasteiger partial charge is 0.454 e. The number of carbonyl (C=O) groups is 1. The van der Waals surface area contributed by atoms with Crippen LogP contribution in [0, 0.1) is 13.8 Å². The Balaban J connectivity index is 1.35. The van der Waals surface area contributed by atoms with Crippen molar-refractivity contribution in [1.82, 2.24) is 4.90 Å². The normalized spacial score (nSPS) is 21.5. The van der Waals surface area contributed by atoms with Crippen molar-refractivity contribution >= 4 is 11.6 Å². The quantitative estimate of drug-likeness (QED) is 0.851. The molecule has 1 fully saturated rings. The smallest absolute Gasteiger partial charge is 0.238 e. The number of likely N-dealkylation sites (tertiary alicyclic amines) is 1. The lowest BCUT2D eigenvalue weighted by Gasteiger charge is -2.35. The third-order valence-corrected chi connectivity index (χ3v) is 5.74. The molecule has 0 spiro atoms. The molecular formula is C22H26N2O4. The molecule has 1 amide bonds. The first-order valence-electron chi connectivity index (χ1n) is 9.67. The predicted octanol–water partition coefficient (Wildman–Crippen LogP) is 2.82. The third-order valence-electron chi connectivity index (χ3n) is 5.74. The summed E-state index contributed by atoms with van der Waals surface area (Å²) in [6, 6.07) is 11.7. The fraction of sp³-hybridized carbons (Fsp3) is 0.409. The Labute approximate surface area is 165 Å². The monoisotopic (exact) mass is 382 g/mol. The summed E-state index contributed by atoms with van der Waals surface area (Å²) in [5.41, 5.74) is 4.13. The van der Waals surface area contributed by atoms with Crippen LogP contribution in [-0.2, 0) is 4.79 Å². The van der Waals surface area contributed by atoms with Crippen LogP contribution in [0.1, 0.15) is 29.0 Å². The van der Waals surface area contributed by atoms with Crippen LogP contribution < -0.4 is 14.8 Å². The second-order valence-corrected chi connectivity index (χ2v) is 7.61. The van der Waals surface area contributed by atoms with Crippen molar-refractivity contribution in [1.29, 1.82) is 0 Å². The molecule has 2 N–H and O–H groups in total. The van der Waals surface area contributed by atoms with Gasteiger partial charge in [-0.05, 0) is 61.7 Å². The average Bonchev–Trinajstić information content (AvgIpc) is 3.13. The Morgan fingerprint density at radius 2 is 2.04 bits per heavy atom. The van der Waals surface area contributed by atoms with Crippen LogP contribution in [0.15, 0.2) is 36.4 Å². The highest BCUT2D eigenvalue weighted by Crippen LogP contribution is 2.37. The predicted molar refractivity (Wildman–Crippen MR) is 107 cm³/mol. The van der Waals surface area contributed by atoms with Gasteiger partial charge in [0.15, 0.2) is 11.5 Å². The lowest BCUT2D eigenvalue weighted by molar-refractivity contribution is -0.118. The first-order valence-corrected chi connectivity index (χ1v) is 9.67. The fourth-order valence-electron chi connectivity index (χ4n) is 3.95. The molecular weight excluding hydrogens is 356 g/mol. The van der Waals surface area contributed by atoms with Gasteiger partial charge in [0, 0.05) is 18.2 Å². The number of β-amino-alcohol motifs (C(OH)–C–C–N with tert-alkyl or cyclic N) is 1. The van der Waals surface area contributed by atoms with Gasteiger partial charge < -0.3 is 19.9 Å². The van der Waals surface area contributed by atoms with E-state index in [-0.39, 0.29) is 25.2 Å². The Morgan fingerprint density at radius 1 is 1.21 bits per heavy atom. The molecule has 4 rings (SSSR count). The third kappa shape index (κ3) is 3.84. The number of carbonyl (C=O) groups excluding carboxylic acids is 1. The molecule has 28 heavy (non-hydrogen) atoms. The Hall–Kier alpha value is -2.57. The maximum absolute atomic E-state index is 12.5. The number of hydrogen-bond acceptors (Lipinski definition) is 5. The molecule has 2 aromatic carbocycles. The molecule has 2 aliphatic rings. The molecule has 1 saturated heterocycles. The lowest BCUT2D eigenvalue weighted by Crippen LogP contribution is -2.45. The number of aliphatic hydroxyl groups is 1. The number of anilines is 1. The summed E-state index contributed by atoms with van der Waals surface area (Å²) in [7, 11) is 0.